The number of hydrogen-bond donors (Lipinski definition) is 1. The van der Waals surface area contributed by atoms with Crippen molar-refractivity contribution in [2.75, 3.05) is 18.1 Å². The number of carboxylic acids is 1. The van der Waals surface area contributed by atoms with Crippen LogP contribution in [0.3, 0.4) is 0 Å². The van der Waals surface area contributed by atoms with E-state index in [1.165, 1.54) is 4.90 Å². The van der Waals surface area contributed by atoms with Gasteiger partial charge in [-0.3, -0.25) is 9.59 Å². The van der Waals surface area contributed by atoms with Crippen molar-refractivity contribution in [1.29, 1.82) is 0 Å². The first-order valence-corrected chi connectivity index (χ1v) is 6.54. The van der Waals surface area contributed by atoms with Crippen molar-refractivity contribution < 1.29 is 27.9 Å². The molecule has 0 saturated carbocycles. The van der Waals surface area contributed by atoms with Crippen LogP contribution in [0.5, 0.6) is 0 Å². The lowest BCUT2D eigenvalue weighted by atomic mass is 10.0. The average molecular weight is 285 g/mol. The molecule has 1 saturated heterocycles. The molecule has 1 aliphatic heterocycles. The Bertz CT molecular complexity index is 335. The molecule has 4 nitrogen and oxygen atoms in total. The van der Waals surface area contributed by atoms with Gasteiger partial charge in [0.1, 0.15) is 0 Å². The quantitative estimate of drug-likeness (QED) is 0.852. The number of carbonyl (C=O) groups is 2. The van der Waals surface area contributed by atoms with Gasteiger partial charge in [0.2, 0.25) is 5.91 Å². The second-order valence-electron chi connectivity index (χ2n) is 4.17. The minimum absolute atomic E-state index is 0.268. The SMILES string of the molecule is CC1C(C(=O)O)CCN1C(=O)CSCC(F)(F)F. The highest BCUT2D eigenvalue weighted by molar-refractivity contribution is 8.00. The summed E-state index contributed by atoms with van der Waals surface area (Å²) in [5.41, 5.74) is 0. The smallest absolute Gasteiger partial charge is 0.397 e. The van der Waals surface area contributed by atoms with Gasteiger partial charge < -0.3 is 10.0 Å². The summed E-state index contributed by atoms with van der Waals surface area (Å²) in [5.74, 6) is -3.36. The Kier molecular flexibility index (Phi) is 4.89. The molecule has 0 bridgehead atoms. The fraction of sp³-hybridized carbons (Fsp3) is 0.800. The van der Waals surface area contributed by atoms with E-state index >= 15 is 0 Å². The molecule has 0 aromatic heterocycles. The van der Waals surface area contributed by atoms with Crippen molar-refractivity contribution in [2.24, 2.45) is 5.92 Å². The van der Waals surface area contributed by atoms with E-state index in [0.717, 1.165) is 0 Å². The molecule has 1 rings (SSSR count). The molecule has 1 fully saturated rings. The van der Waals surface area contributed by atoms with Crippen LogP contribution in [-0.4, -0.2) is 52.2 Å². The molecule has 8 heteroatoms. The predicted molar refractivity (Wildman–Crippen MR) is 60.3 cm³/mol. The lowest BCUT2D eigenvalue weighted by molar-refractivity contribution is -0.142. The molecule has 104 valence electrons. The van der Waals surface area contributed by atoms with Gasteiger partial charge in [0.05, 0.1) is 17.4 Å². The van der Waals surface area contributed by atoms with Crippen molar-refractivity contribution in [3.63, 3.8) is 0 Å². The van der Waals surface area contributed by atoms with Crippen LogP contribution in [-0.2, 0) is 9.59 Å². The molecule has 0 aromatic rings. The number of rotatable bonds is 4. The van der Waals surface area contributed by atoms with E-state index in [4.69, 9.17) is 5.11 Å². The molecule has 0 aromatic carbocycles. The summed E-state index contributed by atoms with van der Waals surface area (Å²) >= 11 is 0.503. The van der Waals surface area contributed by atoms with E-state index in [2.05, 4.69) is 0 Å². The standard InChI is InChI=1S/C10H14F3NO3S/c1-6-7(9(16)17)2-3-14(6)8(15)4-18-5-10(11,12)13/h6-7H,2-5H2,1H3,(H,16,17). The lowest BCUT2D eigenvalue weighted by Crippen LogP contribution is -2.38. The summed E-state index contributed by atoms with van der Waals surface area (Å²) in [7, 11) is 0. The first kappa shape index (κ1) is 15.1. The van der Waals surface area contributed by atoms with Gasteiger partial charge in [-0.15, -0.1) is 11.8 Å². The maximum absolute atomic E-state index is 11.9. The number of carboxylic acid groups (broad SMARTS) is 1. The monoisotopic (exact) mass is 285 g/mol. The molecule has 1 heterocycles. The first-order valence-electron chi connectivity index (χ1n) is 5.39. The van der Waals surface area contributed by atoms with E-state index in [9.17, 15) is 22.8 Å². The molecular weight excluding hydrogens is 271 g/mol. The Morgan fingerprint density at radius 1 is 1.44 bits per heavy atom. The summed E-state index contributed by atoms with van der Waals surface area (Å²) in [6.45, 7) is 1.90. The zero-order valence-electron chi connectivity index (χ0n) is 9.74. The Morgan fingerprint density at radius 3 is 2.50 bits per heavy atom. The third-order valence-electron chi connectivity index (χ3n) is 2.88. The van der Waals surface area contributed by atoms with Gasteiger partial charge in [-0.2, -0.15) is 13.2 Å². The van der Waals surface area contributed by atoms with Crippen LogP contribution >= 0.6 is 11.8 Å². The fourth-order valence-corrected chi connectivity index (χ4v) is 2.63. The highest BCUT2D eigenvalue weighted by atomic mass is 32.2. The van der Waals surface area contributed by atoms with Crippen LogP contribution in [0.1, 0.15) is 13.3 Å². The van der Waals surface area contributed by atoms with E-state index in [1.54, 1.807) is 6.92 Å². The van der Waals surface area contributed by atoms with Gasteiger partial charge in [0.15, 0.2) is 0 Å². The number of amides is 1. The number of alkyl halides is 3. The summed E-state index contributed by atoms with van der Waals surface area (Å²) < 4.78 is 35.7. The van der Waals surface area contributed by atoms with Crippen LogP contribution in [0.2, 0.25) is 0 Å². The molecule has 2 unspecified atom stereocenters. The van der Waals surface area contributed by atoms with Crippen molar-refractivity contribution >= 4 is 23.6 Å². The first-order chi connectivity index (χ1) is 8.22. The number of halogens is 3. The zero-order valence-corrected chi connectivity index (χ0v) is 10.6. The Balaban J connectivity index is 2.42. The van der Waals surface area contributed by atoms with Gasteiger partial charge in [0.25, 0.3) is 0 Å². The van der Waals surface area contributed by atoms with E-state index in [1.807, 2.05) is 0 Å². The Morgan fingerprint density at radius 2 is 2.06 bits per heavy atom. The zero-order chi connectivity index (χ0) is 13.9. The predicted octanol–water partition coefficient (Wildman–Crippen LogP) is 1.60. The summed E-state index contributed by atoms with van der Waals surface area (Å²) in [4.78, 5) is 23.8. The number of likely N-dealkylation sites (tertiary alicyclic amines) is 1. The number of hydrogen-bond acceptors (Lipinski definition) is 3. The molecule has 1 aliphatic rings. The molecule has 1 amide bonds. The third-order valence-corrected chi connectivity index (χ3v) is 3.87. The van der Waals surface area contributed by atoms with Crippen LogP contribution < -0.4 is 0 Å². The molecular formula is C10H14F3NO3S. The maximum Gasteiger partial charge on any atom is 0.397 e. The largest absolute Gasteiger partial charge is 0.481 e. The number of nitrogens with zero attached hydrogens (tertiary/aromatic N) is 1. The van der Waals surface area contributed by atoms with Crippen molar-refractivity contribution in [3.8, 4) is 0 Å². The molecule has 0 aliphatic carbocycles. The van der Waals surface area contributed by atoms with E-state index in [-0.39, 0.29) is 5.75 Å². The summed E-state index contributed by atoms with van der Waals surface area (Å²) in [6.07, 6.45) is -3.93. The highest BCUT2D eigenvalue weighted by Crippen LogP contribution is 2.26. The van der Waals surface area contributed by atoms with Crippen LogP contribution in [0.15, 0.2) is 0 Å². The fourth-order valence-electron chi connectivity index (χ4n) is 1.96. The third kappa shape index (κ3) is 4.08. The van der Waals surface area contributed by atoms with Crippen LogP contribution in [0, 0.1) is 5.92 Å². The average Bonchev–Trinajstić information content (AvgIpc) is 2.57. The molecule has 18 heavy (non-hydrogen) atoms. The Hall–Kier alpha value is -0.920. The number of carbonyl (C=O) groups excluding carboxylic acids is 1. The molecule has 2 atom stereocenters. The molecule has 0 spiro atoms. The second-order valence-corrected chi connectivity index (χ2v) is 5.15. The second kappa shape index (κ2) is 5.81. The van der Waals surface area contributed by atoms with Gasteiger partial charge in [-0.05, 0) is 13.3 Å². The summed E-state index contributed by atoms with van der Waals surface area (Å²) in [6, 6.07) is -0.457. The highest BCUT2D eigenvalue weighted by Gasteiger charge is 2.38. The van der Waals surface area contributed by atoms with Crippen LogP contribution in [0.25, 0.3) is 0 Å². The van der Waals surface area contributed by atoms with E-state index < -0.39 is 35.8 Å². The van der Waals surface area contributed by atoms with Gasteiger partial charge in [-0.1, -0.05) is 0 Å². The molecule has 0 radical (unpaired) electrons. The normalized spacial score (nSPS) is 24.3. The van der Waals surface area contributed by atoms with Crippen molar-refractivity contribution in [3.05, 3.63) is 0 Å². The molecule has 1 N–H and O–H groups in total. The van der Waals surface area contributed by atoms with Crippen molar-refractivity contribution in [1.82, 2.24) is 4.90 Å². The minimum Gasteiger partial charge on any atom is -0.481 e. The van der Waals surface area contributed by atoms with Gasteiger partial charge in [0, 0.05) is 12.6 Å². The maximum atomic E-state index is 11.9. The number of aliphatic carboxylic acids is 1. The van der Waals surface area contributed by atoms with E-state index in [0.29, 0.717) is 24.7 Å². The van der Waals surface area contributed by atoms with Crippen molar-refractivity contribution in [2.45, 2.75) is 25.6 Å². The van der Waals surface area contributed by atoms with Gasteiger partial charge >= 0.3 is 12.1 Å². The summed E-state index contributed by atoms with van der Waals surface area (Å²) in [5, 5.41) is 8.87. The Labute approximate surface area is 107 Å². The lowest BCUT2D eigenvalue weighted by Gasteiger charge is -2.23. The van der Waals surface area contributed by atoms with Crippen LogP contribution in [0.4, 0.5) is 13.2 Å². The topological polar surface area (TPSA) is 57.6 Å². The van der Waals surface area contributed by atoms with Gasteiger partial charge in [-0.25, -0.2) is 0 Å². The number of thioether (sulfide) groups is 1. The minimum atomic E-state index is -4.29.